The van der Waals surface area contributed by atoms with Crippen molar-refractivity contribution in [3.63, 3.8) is 0 Å². The fraction of sp³-hybridized carbons (Fsp3) is 0.444. The maximum absolute atomic E-state index is 12.6. The Labute approximate surface area is 157 Å². The van der Waals surface area contributed by atoms with E-state index in [4.69, 9.17) is 4.42 Å². The number of nitrogens with zero attached hydrogens (tertiary/aromatic N) is 7. The van der Waals surface area contributed by atoms with Crippen LogP contribution < -0.4 is 0 Å². The zero-order valence-electron chi connectivity index (χ0n) is 15.6. The highest BCUT2D eigenvalue weighted by Crippen LogP contribution is 2.15. The second kappa shape index (κ2) is 7.36. The Balaban J connectivity index is 1.42. The average molecular weight is 369 g/mol. The van der Waals surface area contributed by atoms with Gasteiger partial charge in [-0.1, -0.05) is 0 Å². The predicted molar refractivity (Wildman–Crippen MR) is 96.7 cm³/mol. The molecule has 0 saturated heterocycles. The van der Waals surface area contributed by atoms with Crippen molar-refractivity contribution in [1.82, 2.24) is 34.1 Å². The van der Waals surface area contributed by atoms with E-state index in [-0.39, 0.29) is 11.7 Å². The Morgan fingerprint density at radius 3 is 2.89 bits per heavy atom. The minimum absolute atomic E-state index is 0.127. The molecule has 0 fully saturated rings. The summed E-state index contributed by atoms with van der Waals surface area (Å²) in [6.45, 7) is 3.47. The number of hydrogen-bond acceptors (Lipinski definition) is 6. The minimum atomic E-state index is -0.127. The van der Waals surface area contributed by atoms with E-state index in [0.29, 0.717) is 13.1 Å². The smallest absolute Gasteiger partial charge is 0.293 e. The number of aromatic nitrogens is 5. The number of rotatable bonds is 5. The maximum atomic E-state index is 12.6. The van der Waals surface area contributed by atoms with Crippen molar-refractivity contribution in [2.45, 2.75) is 26.1 Å². The van der Waals surface area contributed by atoms with Gasteiger partial charge in [0.05, 0.1) is 18.5 Å². The van der Waals surface area contributed by atoms with E-state index in [9.17, 15) is 4.79 Å². The molecule has 9 nitrogen and oxygen atoms in total. The van der Waals surface area contributed by atoms with Crippen molar-refractivity contribution in [3.8, 4) is 0 Å². The van der Waals surface area contributed by atoms with Crippen LogP contribution in [-0.2, 0) is 33.1 Å². The lowest BCUT2D eigenvalue weighted by atomic mass is 10.3. The van der Waals surface area contributed by atoms with Crippen LogP contribution in [0.3, 0.4) is 0 Å². The topological polar surface area (TPSA) is 85.2 Å². The minimum Gasteiger partial charge on any atom is -0.468 e. The highest BCUT2D eigenvalue weighted by atomic mass is 16.3. The van der Waals surface area contributed by atoms with Gasteiger partial charge in [0, 0.05) is 45.8 Å². The second-order valence-corrected chi connectivity index (χ2v) is 6.85. The monoisotopic (exact) mass is 369 g/mol. The van der Waals surface area contributed by atoms with E-state index in [1.165, 1.54) is 0 Å². The third-order valence-corrected chi connectivity index (χ3v) is 4.74. The van der Waals surface area contributed by atoms with Crippen LogP contribution in [0.15, 0.2) is 35.3 Å². The van der Waals surface area contributed by atoms with Crippen LogP contribution in [0.2, 0.25) is 0 Å². The van der Waals surface area contributed by atoms with E-state index in [1.807, 2.05) is 18.3 Å². The van der Waals surface area contributed by atoms with Crippen molar-refractivity contribution >= 4 is 5.91 Å². The Morgan fingerprint density at radius 2 is 2.15 bits per heavy atom. The summed E-state index contributed by atoms with van der Waals surface area (Å²) in [7, 11) is 3.81. The van der Waals surface area contributed by atoms with Crippen molar-refractivity contribution in [1.29, 1.82) is 0 Å². The quantitative estimate of drug-likeness (QED) is 0.665. The molecule has 4 heterocycles. The summed E-state index contributed by atoms with van der Waals surface area (Å²) in [5.41, 5.74) is 1.14. The molecular formula is C18H23N7O2. The van der Waals surface area contributed by atoms with Gasteiger partial charge in [-0.15, -0.1) is 5.10 Å². The van der Waals surface area contributed by atoms with Crippen LogP contribution in [-0.4, -0.2) is 60.2 Å². The first-order valence-corrected chi connectivity index (χ1v) is 8.99. The van der Waals surface area contributed by atoms with Gasteiger partial charge in [-0.2, -0.15) is 0 Å². The van der Waals surface area contributed by atoms with Crippen LogP contribution in [0.4, 0.5) is 0 Å². The summed E-state index contributed by atoms with van der Waals surface area (Å²) in [5.74, 6) is 2.07. The first kappa shape index (κ1) is 17.5. The third-order valence-electron chi connectivity index (χ3n) is 4.74. The molecule has 0 spiro atoms. The molecule has 0 radical (unpaired) electrons. The van der Waals surface area contributed by atoms with Crippen LogP contribution in [0.5, 0.6) is 0 Å². The van der Waals surface area contributed by atoms with E-state index in [1.54, 1.807) is 29.2 Å². The fourth-order valence-electron chi connectivity index (χ4n) is 3.40. The van der Waals surface area contributed by atoms with Gasteiger partial charge < -0.3 is 13.9 Å². The molecule has 0 atom stereocenters. The van der Waals surface area contributed by atoms with Gasteiger partial charge in [-0.05, 0) is 19.2 Å². The summed E-state index contributed by atoms with van der Waals surface area (Å²) in [5, 5.41) is 4.12. The summed E-state index contributed by atoms with van der Waals surface area (Å²) >= 11 is 0. The van der Waals surface area contributed by atoms with Gasteiger partial charge >= 0.3 is 0 Å². The Kier molecular flexibility index (Phi) is 4.76. The van der Waals surface area contributed by atoms with Crippen molar-refractivity contribution < 1.29 is 9.21 Å². The maximum Gasteiger partial charge on any atom is 0.293 e. The SMILES string of the molecule is CN(Cc1ccco1)Cc1cnc2n1CCN(C(=O)c1ncn(C)n1)CC2. The zero-order valence-corrected chi connectivity index (χ0v) is 15.6. The predicted octanol–water partition coefficient (Wildman–Crippen LogP) is 0.935. The summed E-state index contributed by atoms with van der Waals surface area (Å²) in [6, 6.07) is 3.87. The molecule has 0 unspecified atom stereocenters. The molecule has 0 aliphatic carbocycles. The Hall–Kier alpha value is -2.94. The average Bonchev–Trinajstić information content (AvgIpc) is 3.35. The normalized spacial score (nSPS) is 14.4. The molecule has 9 heteroatoms. The number of carbonyl (C=O) groups is 1. The van der Waals surface area contributed by atoms with Gasteiger partial charge in [0.25, 0.3) is 5.91 Å². The first-order valence-electron chi connectivity index (χ1n) is 8.99. The van der Waals surface area contributed by atoms with Crippen molar-refractivity contribution in [2.24, 2.45) is 7.05 Å². The zero-order chi connectivity index (χ0) is 18.8. The standard InChI is InChI=1S/C18H23N7O2/c1-22(12-15-4-3-9-27-15)11-14-10-19-16-5-6-24(7-8-25(14)16)18(26)17-20-13-23(2)21-17/h3-4,9-10,13H,5-8,11-12H2,1-2H3. The van der Waals surface area contributed by atoms with Crippen LogP contribution in [0.1, 0.15) is 27.9 Å². The molecule has 1 aliphatic rings. The number of imidazole rings is 1. The van der Waals surface area contributed by atoms with Gasteiger partial charge in [0.1, 0.15) is 17.9 Å². The van der Waals surface area contributed by atoms with Crippen molar-refractivity contribution in [3.05, 3.63) is 54.0 Å². The summed E-state index contributed by atoms with van der Waals surface area (Å²) in [6.07, 6.45) is 5.89. The molecule has 0 bridgehead atoms. The Bertz CT molecular complexity index is 912. The van der Waals surface area contributed by atoms with Gasteiger partial charge in [-0.3, -0.25) is 14.4 Å². The largest absolute Gasteiger partial charge is 0.468 e. The molecule has 1 aliphatic heterocycles. The van der Waals surface area contributed by atoms with E-state index < -0.39 is 0 Å². The van der Waals surface area contributed by atoms with E-state index in [2.05, 4.69) is 31.6 Å². The van der Waals surface area contributed by atoms with E-state index >= 15 is 0 Å². The number of amides is 1. The number of aryl methyl sites for hydroxylation is 1. The van der Waals surface area contributed by atoms with E-state index in [0.717, 1.165) is 43.3 Å². The van der Waals surface area contributed by atoms with Gasteiger partial charge in [0.15, 0.2) is 0 Å². The lowest BCUT2D eigenvalue weighted by Gasteiger charge is -2.19. The lowest BCUT2D eigenvalue weighted by molar-refractivity contribution is 0.0746. The van der Waals surface area contributed by atoms with Gasteiger partial charge in [-0.25, -0.2) is 9.97 Å². The molecule has 0 saturated carbocycles. The summed E-state index contributed by atoms with van der Waals surface area (Å²) in [4.78, 5) is 25.3. The first-order chi connectivity index (χ1) is 13.1. The van der Waals surface area contributed by atoms with Crippen LogP contribution in [0.25, 0.3) is 0 Å². The number of fused-ring (bicyclic) bond motifs is 1. The fourth-order valence-corrected chi connectivity index (χ4v) is 3.40. The highest BCUT2D eigenvalue weighted by Gasteiger charge is 2.24. The summed E-state index contributed by atoms with van der Waals surface area (Å²) < 4.78 is 9.18. The second-order valence-electron chi connectivity index (χ2n) is 6.85. The third kappa shape index (κ3) is 3.77. The molecule has 4 rings (SSSR count). The molecule has 0 N–H and O–H groups in total. The molecule has 0 aromatic carbocycles. The number of carbonyl (C=O) groups excluding carboxylic acids is 1. The van der Waals surface area contributed by atoms with Crippen LogP contribution in [0, 0.1) is 0 Å². The number of furan rings is 1. The molecule has 3 aromatic heterocycles. The highest BCUT2D eigenvalue weighted by molar-refractivity contribution is 5.90. The number of hydrogen-bond donors (Lipinski definition) is 0. The molecule has 1 amide bonds. The molecular weight excluding hydrogens is 346 g/mol. The van der Waals surface area contributed by atoms with Crippen LogP contribution >= 0.6 is 0 Å². The molecule has 3 aromatic rings. The van der Waals surface area contributed by atoms with Gasteiger partial charge in [0.2, 0.25) is 5.82 Å². The Morgan fingerprint density at radius 1 is 1.26 bits per heavy atom. The molecule has 142 valence electrons. The molecule has 27 heavy (non-hydrogen) atoms. The lowest BCUT2D eigenvalue weighted by Crippen LogP contribution is -2.34. The van der Waals surface area contributed by atoms with Crippen molar-refractivity contribution in [2.75, 3.05) is 20.1 Å².